The van der Waals surface area contributed by atoms with Gasteiger partial charge < -0.3 is 19.5 Å². The maximum atomic E-state index is 13.6. The highest BCUT2D eigenvalue weighted by Gasteiger charge is 2.34. The third kappa shape index (κ3) is 6.23. The van der Waals surface area contributed by atoms with Gasteiger partial charge >= 0.3 is 0 Å². The Morgan fingerprint density at radius 2 is 1.66 bits per heavy atom. The van der Waals surface area contributed by atoms with Gasteiger partial charge in [-0.25, -0.2) is 0 Å². The summed E-state index contributed by atoms with van der Waals surface area (Å²) in [7, 11) is 3.25. The van der Waals surface area contributed by atoms with E-state index in [4.69, 9.17) is 14.9 Å². The molecule has 1 aliphatic heterocycles. The van der Waals surface area contributed by atoms with Crippen molar-refractivity contribution in [1.29, 1.82) is 5.41 Å². The molecular weight excluding hydrogens is 476 g/mol. The SMILES string of the molecule is CCCC1CN(CC(=O)c2cc(C(C)(C)C)c(O)c(C(C)(C)C)c2)C(=N)/C1=C\c1ccc(OC)cc1OC. The monoisotopic (exact) mass is 520 g/mol. The number of aromatic hydroxyl groups is 1. The number of ether oxygens (including phenoxy) is 2. The van der Waals surface area contributed by atoms with Crippen LogP contribution in [-0.2, 0) is 10.8 Å². The average Bonchev–Trinajstić information content (AvgIpc) is 3.11. The Kier molecular flexibility index (Phi) is 8.65. The first-order chi connectivity index (χ1) is 17.7. The summed E-state index contributed by atoms with van der Waals surface area (Å²) in [4.78, 5) is 15.5. The summed E-state index contributed by atoms with van der Waals surface area (Å²) >= 11 is 0. The van der Waals surface area contributed by atoms with Gasteiger partial charge in [0.25, 0.3) is 0 Å². The van der Waals surface area contributed by atoms with E-state index < -0.39 is 0 Å². The molecule has 0 bridgehead atoms. The zero-order valence-electron chi connectivity index (χ0n) is 24.5. The van der Waals surface area contributed by atoms with Gasteiger partial charge in [-0.2, -0.15) is 0 Å². The molecule has 206 valence electrons. The van der Waals surface area contributed by atoms with Crippen LogP contribution in [0.1, 0.15) is 88.4 Å². The number of nitrogens with zero attached hydrogens (tertiary/aromatic N) is 1. The van der Waals surface area contributed by atoms with Crippen LogP contribution in [-0.4, -0.2) is 48.9 Å². The molecule has 0 amide bonds. The summed E-state index contributed by atoms with van der Waals surface area (Å²) in [5.41, 5.74) is 3.26. The lowest BCUT2D eigenvalue weighted by Gasteiger charge is -2.28. The number of phenolic OH excluding ortho intramolecular Hbond substituents is 1. The lowest BCUT2D eigenvalue weighted by atomic mass is 9.78. The molecule has 1 unspecified atom stereocenters. The summed E-state index contributed by atoms with van der Waals surface area (Å²) in [6.07, 6.45) is 3.93. The zero-order valence-corrected chi connectivity index (χ0v) is 24.5. The molecule has 1 fully saturated rings. The number of hydrogen-bond acceptors (Lipinski definition) is 5. The summed E-state index contributed by atoms with van der Waals surface area (Å²) in [6, 6.07) is 9.32. The van der Waals surface area contributed by atoms with Crippen molar-refractivity contribution in [3.8, 4) is 17.2 Å². The Labute approximate surface area is 228 Å². The molecule has 0 spiro atoms. The molecule has 2 aromatic rings. The van der Waals surface area contributed by atoms with Crippen molar-refractivity contribution in [3.05, 3.63) is 58.2 Å². The van der Waals surface area contributed by atoms with Crippen LogP contribution in [0.2, 0.25) is 0 Å². The number of rotatable bonds is 8. The van der Waals surface area contributed by atoms with E-state index in [1.165, 1.54) is 0 Å². The van der Waals surface area contributed by atoms with Crippen molar-refractivity contribution in [1.82, 2.24) is 4.90 Å². The van der Waals surface area contributed by atoms with Gasteiger partial charge in [-0.05, 0) is 53.2 Å². The number of Topliss-reactive ketones (excluding diaryl/α,β-unsaturated/α-hetero) is 1. The van der Waals surface area contributed by atoms with Crippen LogP contribution in [0, 0.1) is 11.3 Å². The minimum Gasteiger partial charge on any atom is -0.507 e. The van der Waals surface area contributed by atoms with E-state index in [9.17, 15) is 9.90 Å². The Balaban J connectivity index is 1.96. The molecule has 1 saturated heterocycles. The predicted molar refractivity (Wildman–Crippen MR) is 155 cm³/mol. The lowest BCUT2D eigenvalue weighted by Crippen LogP contribution is -2.31. The molecule has 6 heteroatoms. The van der Waals surface area contributed by atoms with E-state index in [2.05, 4.69) is 6.92 Å². The Hall–Kier alpha value is -3.28. The second kappa shape index (κ2) is 11.2. The summed E-state index contributed by atoms with van der Waals surface area (Å²) in [5.74, 6) is 2.13. The fourth-order valence-corrected chi connectivity index (χ4v) is 5.07. The van der Waals surface area contributed by atoms with E-state index in [0.717, 1.165) is 35.1 Å². The van der Waals surface area contributed by atoms with Gasteiger partial charge in [0.2, 0.25) is 0 Å². The van der Waals surface area contributed by atoms with Gasteiger partial charge in [0.05, 0.1) is 20.8 Å². The number of ketones is 1. The van der Waals surface area contributed by atoms with Crippen molar-refractivity contribution < 1.29 is 19.4 Å². The second-order valence-electron chi connectivity index (χ2n) is 12.3. The normalized spacial score (nSPS) is 17.3. The molecule has 1 atom stereocenters. The van der Waals surface area contributed by atoms with Crippen molar-refractivity contribution in [2.24, 2.45) is 5.92 Å². The van der Waals surface area contributed by atoms with Gasteiger partial charge in [0.1, 0.15) is 23.1 Å². The Bertz CT molecular complexity index is 1200. The molecule has 0 aromatic heterocycles. The van der Waals surface area contributed by atoms with Crippen molar-refractivity contribution in [2.45, 2.75) is 72.1 Å². The highest BCUT2D eigenvalue weighted by Crippen LogP contribution is 2.40. The van der Waals surface area contributed by atoms with Crippen LogP contribution < -0.4 is 9.47 Å². The first-order valence-electron chi connectivity index (χ1n) is 13.4. The molecule has 2 N–H and O–H groups in total. The van der Waals surface area contributed by atoms with Crippen LogP contribution in [0.15, 0.2) is 35.9 Å². The van der Waals surface area contributed by atoms with Gasteiger partial charge in [0.15, 0.2) is 5.78 Å². The summed E-state index contributed by atoms with van der Waals surface area (Å²) < 4.78 is 10.9. The van der Waals surface area contributed by atoms with Crippen LogP contribution >= 0.6 is 0 Å². The molecular formula is C32H44N2O4. The zero-order chi connectivity index (χ0) is 28.4. The fraction of sp³-hybridized carbons (Fsp3) is 0.500. The molecule has 1 aliphatic rings. The largest absolute Gasteiger partial charge is 0.507 e. The Morgan fingerprint density at radius 3 is 2.16 bits per heavy atom. The maximum absolute atomic E-state index is 13.6. The van der Waals surface area contributed by atoms with Crippen LogP contribution in [0.3, 0.4) is 0 Å². The third-order valence-electron chi connectivity index (χ3n) is 7.24. The number of benzene rings is 2. The lowest BCUT2D eigenvalue weighted by molar-refractivity contribution is 0.0963. The van der Waals surface area contributed by atoms with E-state index in [1.807, 2.05) is 82.9 Å². The number of hydrogen-bond donors (Lipinski definition) is 2. The number of likely N-dealkylation sites (tertiary alicyclic amines) is 1. The van der Waals surface area contributed by atoms with E-state index in [-0.39, 0.29) is 34.8 Å². The van der Waals surface area contributed by atoms with Crippen molar-refractivity contribution in [2.75, 3.05) is 27.3 Å². The van der Waals surface area contributed by atoms with Gasteiger partial charge in [-0.1, -0.05) is 54.9 Å². The van der Waals surface area contributed by atoms with E-state index in [1.54, 1.807) is 14.2 Å². The first-order valence-corrected chi connectivity index (χ1v) is 13.4. The molecule has 38 heavy (non-hydrogen) atoms. The van der Waals surface area contributed by atoms with Crippen molar-refractivity contribution in [3.63, 3.8) is 0 Å². The minimum atomic E-state index is -0.319. The van der Waals surface area contributed by atoms with E-state index in [0.29, 0.717) is 29.4 Å². The fourth-order valence-electron chi connectivity index (χ4n) is 5.07. The number of carbonyl (C=O) groups excluding carboxylic acids is 1. The number of nitrogens with one attached hydrogen (secondary N) is 1. The average molecular weight is 521 g/mol. The quantitative estimate of drug-likeness (QED) is 0.367. The summed E-state index contributed by atoms with van der Waals surface area (Å²) in [6.45, 7) is 15.1. The minimum absolute atomic E-state index is 0.0516. The number of amidine groups is 1. The van der Waals surface area contributed by atoms with Gasteiger partial charge in [-0.3, -0.25) is 10.2 Å². The third-order valence-corrected chi connectivity index (χ3v) is 7.24. The number of phenols is 1. The Morgan fingerprint density at radius 1 is 1.05 bits per heavy atom. The van der Waals surface area contributed by atoms with Gasteiger partial charge in [-0.15, -0.1) is 0 Å². The van der Waals surface area contributed by atoms with Crippen molar-refractivity contribution >= 4 is 17.7 Å². The maximum Gasteiger partial charge on any atom is 0.182 e. The van der Waals surface area contributed by atoms with E-state index >= 15 is 0 Å². The predicted octanol–water partition coefficient (Wildman–Crippen LogP) is 6.98. The molecule has 6 nitrogen and oxygen atoms in total. The standard InChI is InChI=1S/C32H44N2O4/c1-10-11-21-18-34(30(33)24(21)14-20-12-13-23(37-8)17-28(20)38-9)19-27(35)22-15-25(31(2,3)4)29(36)26(16-22)32(5,6)7/h12-17,21,33,36H,10-11,18-19H2,1-9H3/b24-14-,33-30?. The summed E-state index contributed by atoms with van der Waals surface area (Å²) in [5, 5.41) is 20.1. The first kappa shape index (κ1) is 29.3. The highest BCUT2D eigenvalue weighted by atomic mass is 16.5. The highest BCUT2D eigenvalue weighted by molar-refractivity contribution is 6.06. The smallest absolute Gasteiger partial charge is 0.182 e. The van der Waals surface area contributed by atoms with Gasteiger partial charge in [0, 0.05) is 40.8 Å². The molecule has 0 radical (unpaired) electrons. The van der Waals surface area contributed by atoms with Crippen LogP contribution in [0.25, 0.3) is 6.08 Å². The van der Waals surface area contributed by atoms with Crippen LogP contribution in [0.5, 0.6) is 17.2 Å². The molecule has 1 heterocycles. The molecule has 2 aromatic carbocycles. The molecule has 0 aliphatic carbocycles. The number of carbonyl (C=O) groups is 1. The molecule has 0 saturated carbocycles. The second-order valence-corrected chi connectivity index (χ2v) is 12.3. The van der Waals surface area contributed by atoms with Crippen LogP contribution in [0.4, 0.5) is 0 Å². The topological polar surface area (TPSA) is 82.9 Å². The number of methoxy groups -OCH3 is 2. The molecule has 3 rings (SSSR count).